The lowest BCUT2D eigenvalue weighted by atomic mass is 10.2. The number of aryl methyl sites for hydroxylation is 1. The second-order valence-electron chi connectivity index (χ2n) is 4.02. The zero-order valence-electron chi connectivity index (χ0n) is 10.9. The predicted octanol–water partition coefficient (Wildman–Crippen LogP) is 2.26. The Morgan fingerprint density at radius 3 is 2.85 bits per heavy atom. The molecular weight excluding hydrogens is 298 g/mol. The van der Waals surface area contributed by atoms with Crippen molar-refractivity contribution >= 4 is 44.7 Å². The van der Waals surface area contributed by atoms with Crippen molar-refractivity contribution in [2.75, 3.05) is 17.7 Å². The molecule has 2 rings (SSSR count). The van der Waals surface area contributed by atoms with Crippen molar-refractivity contribution in [3.63, 3.8) is 0 Å². The van der Waals surface area contributed by atoms with Crippen molar-refractivity contribution < 1.29 is 14.3 Å². The number of nitrogen functional groups attached to an aromatic ring is 1. The zero-order valence-corrected chi connectivity index (χ0v) is 12.6. The number of carbonyl (C=O) groups excluding carboxylic acids is 2. The molecule has 0 saturated heterocycles. The SMILES string of the molecule is CC(=O)OCC(=O)Nc1cc(C)c(-c2csc(N)n2)s1. The van der Waals surface area contributed by atoms with Crippen molar-refractivity contribution in [2.24, 2.45) is 0 Å². The first-order valence-corrected chi connectivity index (χ1v) is 7.40. The summed E-state index contributed by atoms with van der Waals surface area (Å²) >= 11 is 2.78. The molecule has 2 heterocycles. The Morgan fingerprint density at radius 1 is 1.50 bits per heavy atom. The summed E-state index contributed by atoms with van der Waals surface area (Å²) in [5.74, 6) is -0.855. The van der Waals surface area contributed by atoms with Gasteiger partial charge in [-0.2, -0.15) is 0 Å². The minimum absolute atomic E-state index is 0.286. The molecular formula is C12H13N3O3S2. The van der Waals surface area contributed by atoms with Crippen LogP contribution in [0.2, 0.25) is 0 Å². The van der Waals surface area contributed by atoms with Crippen LogP contribution in [-0.2, 0) is 14.3 Å². The maximum Gasteiger partial charge on any atom is 0.303 e. The number of ether oxygens (including phenoxy) is 1. The zero-order chi connectivity index (χ0) is 14.7. The number of nitrogens with zero attached hydrogens (tertiary/aromatic N) is 1. The number of anilines is 2. The highest BCUT2D eigenvalue weighted by Crippen LogP contribution is 2.36. The quantitative estimate of drug-likeness (QED) is 0.845. The van der Waals surface area contributed by atoms with Crippen LogP contribution in [0.25, 0.3) is 10.6 Å². The van der Waals surface area contributed by atoms with Crippen molar-refractivity contribution in [2.45, 2.75) is 13.8 Å². The maximum absolute atomic E-state index is 11.6. The Balaban J connectivity index is 2.08. The van der Waals surface area contributed by atoms with E-state index in [4.69, 9.17) is 5.73 Å². The van der Waals surface area contributed by atoms with Gasteiger partial charge in [-0.15, -0.1) is 22.7 Å². The molecule has 8 heteroatoms. The summed E-state index contributed by atoms with van der Waals surface area (Å²) in [7, 11) is 0. The van der Waals surface area contributed by atoms with Gasteiger partial charge in [0.1, 0.15) is 0 Å². The van der Waals surface area contributed by atoms with Crippen molar-refractivity contribution in [3.8, 4) is 10.6 Å². The van der Waals surface area contributed by atoms with E-state index in [1.165, 1.54) is 29.6 Å². The van der Waals surface area contributed by atoms with Crippen LogP contribution in [0.1, 0.15) is 12.5 Å². The number of amides is 1. The molecule has 0 unspecified atom stereocenters. The van der Waals surface area contributed by atoms with E-state index >= 15 is 0 Å². The van der Waals surface area contributed by atoms with E-state index in [2.05, 4.69) is 15.0 Å². The normalized spacial score (nSPS) is 10.3. The lowest BCUT2D eigenvalue weighted by Crippen LogP contribution is -2.19. The molecule has 2 aromatic rings. The van der Waals surface area contributed by atoms with E-state index in [1.807, 2.05) is 18.4 Å². The third-order valence-electron chi connectivity index (χ3n) is 2.34. The number of nitrogens with one attached hydrogen (secondary N) is 1. The molecule has 6 nitrogen and oxygen atoms in total. The van der Waals surface area contributed by atoms with Gasteiger partial charge in [0.25, 0.3) is 5.91 Å². The van der Waals surface area contributed by atoms with E-state index in [9.17, 15) is 9.59 Å². The van der Waals surface area contributed by atoms with Crippen LogP contribution in [0.15, 0.2) is 11.4 Å². The van der Waals surface area contributed by atoms with Gasteiger partial charge in [-0.3, -0.25) is 9.59 Å². The van der Waals surface area contributed by atoms with Crippen molar-refractivity contribution in [1.82, 2.24) is 4.98 Å². The summed E-state index contributed by atoms with van der Waals surface area (Å²) < 4.78 is 4.63. The summed E-state index contributed by atoms with van der Waals surface area (Å²) in [4.78, 5) is 27.4. The van der Waals surface area contributed by atoms with Gasteiger partial charge in [-0.25, -0.2) is 4.98 Å². The number of nitrogens with two attached hydrogens (primary N) is 1. The molecule has 0 spiro atoms. The van der Waals surface area contributed by atoms with E-state index in [-0.39, 0.29) is 12.5 Å². The lowest BCUT2D eigenvalue weighted by Gasteiger charge is -2.02. The number of hydrogen-bond acceptors (Lipinski definition) is 7. The average Bonchev–Trinajstić information content (AvgIpc) is 2.93. The molecule has 2 aromatic heterocycles. The highest BCUT2D eigenvalue weighted by molar-refractivity contribution is 7.20. The van der Waals surface area contributed by atoms with E-state index in [1.54, 1.807) is 0 Å². The number of aromatic nitrogens is 1. The van der Waals surface area contributed by atoms with Crippen LogP contribution < -0.4 is 11.1 Å². The number of carbonyl (C=O) groups is 2. The second kappa shape index (κ2) is 6.02. The first-order chi connectivity index (χ1) is 9.45. The van der Waals surface area contributed by atoms with Crippen LogP contribution in [0.3, 0.4) is 0 Å². The first kappa shape index (κ1) is 14.5. The smallest absolute Gasteiger partial charge is 0.303 e. The number of rotatable bonds is 4. The van der Waals surface area contributed by atoms with Crippen LogP contribution in [-0.4, -0.2) is 23.5 Å². The standard InChI is InChI=1S/C12H13N3O3S2/c1-6-3-10(15-9(17)4-18-7(2)16)20-11(6)8-5-19-12(13)14-8/h3,5H,4H2,1-2H3,(H2,13,14)(H,15,17). The Morgan fingerprint density at radius 2 is 2.25 bits per heavy atom. The monoisotopic (exact) mass is 311 g/mol. The van der Waals surface area contributed by atoms with E-state index < -0.39 is 5.97 Å². The topological polar surface area (TPSA) is 94.3 Å². The maximum atomic E-state index is 11.6. The van der Waals surface area contributed by atoms with E-state index in [0.717, 1.165) is 16.1 Å². The van der Waals surface area contributed by atoms with Gasteiger partial charge in [0, 0.05) is 12.3 Å². The molecule has 0 atom stereocenters. The molecule has 3 N–H and O–H groups in total. The predicted molar refractivity (Wildman–Crippen MR) is 79.8 cm³/mol. The van der Waals surface area contributed by atoms with Gasteiger partial charge in [0.05, 0.1) is 15.6 Å². The highest BCUT2D eigenvalue weighted by Gasteiger charge is 2.13. The van der Waals surface area contributed by atoms with Gasteiger partial charge in [0.15, 0.2) is 11.7 Å². The lowest BCUT2D eigenvalue weighted by molar-refractivity contribution is -0.144. The van der Waals surface area contributed by atoms with Gasteiger partial charge in [-0.05, 0) is 18.6 Å². The molecule has 0 aliphatic carbocycles. The fourth-order valence-electron chi connectivity index (χ4n) is 1.53. The molecule has 20 heavy (non-hydrogen) atoms. The van der Waals surface area contributed by atoms with Gasteiger partial charge in [-0.1, -0.05) is 0 Å². The minimum atomic E-state index is -0.485. The summed E-state index contributed by atoms with van der Waals surface area (Å²) in [5, 5.41) is 5.74. The summed E-state index contributed by atoms with van der Waals surface area (Å²) in [6.45, 7) is 2.90. The number of hydrogen-bond donors (Lipinski definition) is 2. The Bertz CT molecular complexity index is 648. The average molecular weight is 311 g/mol. The van der Waals surface area contributed by atoms with E-state index in [0.29, 0.717) is 10.1 Å². The van der Waals surface area contributed by atoms with Crippen LogP contribution in [0.5, 0.6) is 0 Å². The summed E-state index contributed by atoms with van der Waals surface area (Å²) in [6, 6.07) is 1.85. The molecule has 106 valence electrons. The summed E-state index contributed by atoms with van der Waals surface area (Å²) in [5.41, 5.74) is 7.42. The first-order valence-electron chi connectivity index (χ1n) is 5.70. The molecule has 0 aliphatic rings. The molecule has 0 saturated carbocycles. The Labute approximate surface area is 123 Å². The molecule has 0 aliphatic heterocycles. The molecule has 0 aromatic carbocycles. The number of thiophene rings is 1. The third-order valence-corrected chi connectivity index (χ3v) is 4.19. The second-order valence-corrected chi connectivity index (χ2v) is 5.96. The Hall–Kier alpha value is -1.93. The minimum Gasteiger partial charge on any atom is -0.456 e. The van der Waals surface area contributed by atoms with Crippen molar-refractivity contribution in [1.29, 1.82) is 0 Å². The van der Waals surface area contributed by atoms with Gasteiger partial charge >= 0.3 is 5.97 Å². The van der Waals surface area contributed by atoms with Crippen LogP contribution >= 0.6 is 22.7 Å². The van der Waals surface area contributed by atoms with Gasteiger partial charge < -0.3 is 15.8 Å². The molecule has 0 bridgehead atoms. The summed E-state index contributed by atoms with van der Waals surface area (Å²) in [6.07, 6.45) is 0. The number of thiazole rings is 1. The molecule has 0 radical (unpaired) electrons. The molecule has 0 fully saturated rings. The van der Waals surface area contributed by atoms with Crippen LogP contribution in [0, 0.1) is 6.92 Å². The fourth-order valence-corrected chi connectivity index (χ4v) is 3.21. The van der Waals surface area contributed by atoms with Crippen molar-refractivity contribution in [3.05, 3.63) is 17.0 Å². The largest absolute Gasteiger partial charge is 0.456 e. The molecule has 1 amide bonds. The fraction of sp³-hybridized carbons (Fsp3) is 0.250. The third kappa shape index (κ3) is 3.55. The highest BCUT2D eigenvalue weighted by atomic mass is 32.1. The van der Waals surface area contributed by atoms with Gasteiger partial charge in [0.2, 0.25) is 0 Å². The number of esters is 1. The Kier molecular flexibility index (Phi) is 4.35. The van der Waals surface area contributed by atoms with Crippen LogP contribution in [0.4, 0.5) is 10.1 Å².